The number of nitrogens with zero attached hydrogens (tertiary/aromatic N) is 5. The van der Waals surface area contributed by atoms with E-state index < -0.39 is 0 Å². The van der Waals surface area contributed by atoms with Crippen molar-refractivity contribution < 1.29 is 4.79 Å². The first-order chi connectivity index (χ1) is 9.97. The minimum Gasteiger partial charge on any atom is -0.350 e. The van der Waals surface area contributed by atoms with Crippen LogP contribution in [0.2, 0.25) is 0 Å². The third-order valence-electron chi connectivity index (χ3n) is 3.07. The minimum atomic E-state index is -0.338. The summed E-state index contributed by atoms with van der Waals surface area (Å²) in [6, 6.07) is -0.381. The van der Waals surface area contributed by atoms with Crippen LogP contribution in [0.15, 0.2) is 29.5 Å². The highest BCUT2D eigenvalue weighted by Gasteiger charge is 2.26. The van der Waals surface area contributed by atoms with Gasteiger partial charge in [0.2, 0.25) is 5.91 Å². The number of nitrogens with one attached hydrogen (secondary N) is 1. The molecule has 0 aliphatic rings. The number of carbonyl (C=O) groups excluding carboxylic acids is 1. The van der Waals surface area contributed by atoms with E-state index >= 15 is 0 Å². The summed E-state index contributed by atoms with van der Waals surface area (Å²) in [4.78, 5) is 16.4. The first kappa shape index (κ1) is 15.7. The van der Waals surface area contributed by atoms with Gasteiger partial charge in [-0.2, -0.15) is 10.2 Å². The van der Waals surface area contributed by atoms with Gasteiger partial charge in [0.1, 0.15) is 18.7 Å². The fourth-order valence-electron chi connectivity index (χ4n) is 2.18. The van der Waals surface area contributed by atoms with Crippen molar-refractivity contribution in [2.75, 3.05) is 0 Å². The van der Waals surface area contributed by atoms with E-state index in [1.165, 1.54) is 6.33 Å². The lowest BCUT2D eigenvalue weighted by molar-refractivity contribution is -0.126. The van der Waals surface area contributed by atoms with Gasteiger partial charge in [0, 0.05) is 12.2 Å². The monoisotopic (exact) mass is 354 g/mol. The number of carbonyl (C=O) groups is 1. The first-order valence-electron chi connectivity index (χ1n) is 6.80. The van der Waals surface area contributed by atoms with Gasteiger partial charge in [-0.3, -0.25) is 14.2 Å². The number of hydrogen-bond donors (Lipinski definition) is 1. The molecule has 0 bridgehead atoms. The van der Waals surface area contributed by atoms with E-state index in [9.17, 15) is 4.79 Å². The Morgan fingerprint density at radius 2 is 2.14 bits per heavy atom. The minimum absolute atomic E-state index is 0.0422. The predicted octanol–water partition coefficient (Wildman–Crippen LogP) is 1.64. The zero-order valence-corrected chi connectivity index (χ0v) is 13.9. The van der Waals surface area contributed by atoms with E-state index in [1.807, 2.05) is 27.0 Å². The molecule has 0 aliphatic carbocycles. The molecule has 0 saturated heterocycles. The molecule has 8 heteroatoms. The molecule has 2 atom stereocenters. The van der Waals surface area contributed by atoms with Gasteiger partial charge in [-0.1, -0.05) is 13.8 Å². The molecule has 0 fully saturated rings. The summed E-state index contributed by atoms with van der Waals surface area (Å²) in [6.07, 6.45) is 6.60. The van der Waals surface area contributed by atoms with Gasteiger partial charge >= 0.3 is 0 Å². The van der Waals surface area contributed by atoms with Crippen LogP contribution in [0.25, 0.3) is 0 Å². The molecule has 2 aromatic rings. The number of hydrogen-bond acceptors (Lipinski definition) is 4. The van der Waals surface area contributed by atoms with Crippen molar-refractivity contribution in [3.8, 4) is 0 Å². The Bertz CT molecular complexity index is 579. The van der Waals surface area contributed by atoms with Crippen LogP contribution in [0.3, 0.4) is 0 Å². The summed E-state index contributed by atoms with van der Waals surface area (Å²) >= 11 is 3.36. The fraction of sp³-hybridized carbons (Fsp3) is 0.538. The van der Waals surface area contributed by atoms with Gasteiger partial charge in [-0.15, -0.1) is 0 Å². The average molecular weight is 355 g/mol. The Kier molecular flexibility index (Phi) is 5.11. The fourth-order valence-corrected chi connectivity index (χ4v) is 2.48. The van der Waals surface area contributed by atoms with Crippen molar-refractivity contribution in [3.63, 3.8) is 0 Å². The second kappa shape index (κ2) is 6.84. The third kappa shape index (κ3) is 4.13. The Labute approximate surface area is 131 Å². The maximum absolute atomic E-state index is 12.5. The van der Waals surface area contributed by atoms with Crippen molar-refractivity contribution in [1.82, 2.24) is 29.9 Å². The van der Waals surface area contributed by atoms with Crippen molar-refractivity contribution in [2.24, 2.45) is 5.92 Å². The van der Waals surface area contributed by atoms with Gasteiger partial charge in [0.05, 0.1) is 17.2 Å². The number of amides is 1. The van der Waals surface area contributed by atoms with E-state index in [-0.39, 0.29) is 23.9 Å². The smallest absolute Gasteiger partial charge is 0.245 e. The predicted molar refractivity (Wildman–Crippen MR) is 81.4 cm³/mol. The van der Waals surface area contributed by atoms with Crippen LogP contribution in [0.4, 0.5) is 0 Å². The van der Waals surface area contributed by atoms with E-state index in [4.69, 9.17) is 0 Å². The standard InChI is InChI=1S/C13H19BrN6O/c1-9(2)12(20-6-11(14)4-16-20)13(21)18-10(3)5-19-8-15-7-17-19/h4,6-10,12H,5H2,1-3H3,(H,18,21). The third-order valence-corrected chi connectivity index (χ3v) is 3.48. The molecule has 2 heterocycles. The highest BCUT2D eigenvalue weighted by molar-refractivity contribution is 9.10. The highest BCUT2D eigenvalue weighted by Crippen LogP contribution is 2.19. The van der Waals surface area contributed by atoms with Crippen LogP contribution in [-0.4, -0.2) is 36.5 Å². The quantitative estimate of drug-likeness (QED) is 0.855. The van der Waals surface area contributed by atoms with Crippen LogP contribution in [0.5, 0.6) is 0 Å². The Hall–Kier alpha value is -1.70. The van der Waals surface area contributed by atoms with Crippen LogP contribution in [0, 0.1) is 5.92 Å². The molecule has 2 unspecified atom stereocenters. The van der Waals surface area contributed by atoms with Crippen molar-refractivity contribution in [3.05, 3.63) is 29.5 Å². The van der Waals surface area contributed by atoms with Gasteiger partial charge < -0.3 is 5.32 Å². The first-order valence-corrected chi connectivity index (χ1v) is 7.59. The van der Waals surface area contributed by atoms with Crippen LogP contribution in [0.1, 0.15) is 26.8 Å². The Balaban J connectivity index is 2.02. The highest BCUT2D eigenvalue weighted by atomic mass is 79.9. The molecule has 2 aromatic heterocycles. The topological polar surface area (TPSA) is 77.6 Å². The SMILES string of the molecule is CC(Cn1cncn1)NC(=O)C(C(C)C)n1cc(Br)cn1. The molecule has 2 rings (SSSR count). The largest absolute Gasteiger partial charge is 0.350 e. The second-order valence-corrected chi connectivity index (χ2v) is 6.27. The van der Waals surface area contributed by atoms with Gasteiger partial charge in [-0.05, 0) is 28.8 Å². The lowest BCUT2D eigenvalue weighted by atomic mass is 10.0. The van der Waals surface area contributed by atoms with Crippen molar-refractivity contribution in [1.29, 1.82) is 0 Å². The molecule has 0 radical (unpaired) electrons. The molecule has 114 valence electrons. The molecule has 1 N–H and O–H groups in total. The number of halogens is 1. The summed E-state index contributed by atoms with van der Waals surface area (Å²) in [6.45, 7) is 6.53. The van der Waals surface area contributed by atoms with Crippen molar-refractivity contribution in [2.45, 2.75) is 39.4 Å². The van der Waals surface area contributed by atoms with Crippen LogP contribution in [-0.2, 0) is 11.3 Å². The molecule has 1 amide bonds. The molecule has 0 aliphatic heterocycles. The molecule has 0 aromatic carbocycles. The Morgan fingerprint density at radius 1 is 1.38 bits per heavy atom. The molecule has 21 heavy (non-hydrogen) atoms. The molecular weight excluding hydrogens is 336 g/mol. The Morgan fingerprint density at radius 3 is 2.67 bits per heavy atom. The summed E-state index contributed by atoms with van der Waals surface area (Å²) in [5.74, 6) is 0.0867. The number of aromatic nitrogens is 5. The van der Waals surface area contributed by atoms with Crippen molar-refractivity contribution >= 4 is 21.8 Å². The maximum atomic E-state index is 12.5. The van der Waals surface area contributed by atoms with E-state index in [2.05, 4.69) is 36.4 Å². The molecule has 7 nitrogen and oxygen atoms in total. The number of rotatable bonds is 6. The van der Waals surface area contributed by atoms with E-state index in [1.54, 1.807) is 21.9 Å². The lowest BCUT2D eigenvalue weighted by Gasteiger charge is -2.23. The molecule has 0 saturated carbocycles. The summed E-state index contributed by atoms with van der Waals surface area (Å²) in [7, 11) is 0. The van der Waals surface area contributed by atoms with Gasteiger partial charge in [0.25, 0.3) is 0 Å². The van der Waals surface area contributed by atoms with E-state index in [0.29, 0.717) is 6.54 Å². The zero-order chi connectivity index (χ0) is 15.4. The van der Waals surface area contributed by atoms with Crippen LogP contribution < -0.4 is 5.32 Å². The molecular formula is C13H19BrN6O. The zero-order valence-electron chi connectivity index (χ0n) is 12.3. The van der Waals surface area contributed by atoms with Gasteiger partial charge in [-0.25, -0.2) is 4.98 Å². The second-order valence-electron chi connectivity index (χ2n) is 5.35. The average Bonchev–Trinajstić information content (AvgIpc) is 3.01. The summed E-state index contributed by atoms with van der Waals surface area (Å²) < 4.78 is 4.24. The van der Waals surface area contributed by atoms with Gasteiger partial charge in [0.15, 0.2) is 0 Å². The molecule has 0 spiro atoms. The van der Waals surface area contributed by atoms with Crippen LogP contribution >= 0.6 is 15.9 Å². The maximum Gasteiger partial charge on any atom is 0.245 e. The summed E-state index contributed by atoms with van der Waals surface area (Å²) in [5.41, 5.74) is 0. The normalized spacial score (nSPS) is 14.1. The van der Waals surface area contributed by atoms with E-state index in [0.717, 1.165) is 4.47 Å². The lowest BCUT2D eigenvalue weighted by Crippen LogP contribution is -2.42. The summed E-state index contributed by atoms with van der Waals surface area (Å²) in [5, 5.41) is 11.3.